The topological polar surface area (TPSA) is 70.6 Å². The highest BCUT2D eigenvalue weighted by atomic mass is 16.5. The highest BCUT2D eigenvalue weighted by Gasteiger charge is 2.13. The zero-order valence-electron chi connectivity index (χ0n) is 11.5. The summed E-state index contributed by atoms with van der Waals surface area (Å²) in [6.45, 7) is 3.79. The average Bonchev–Trinajstić information content (AvgIpc) is 2.40. The van der Waals surface area contributed by atoms with E-state index < -0.39 is 12.0 Å². The quantitative estimate of drug-likeness (QED) is 0.579. The molecule has 0 aromatic heterocycles. The van der Waals surface area contributed by atoms with E-state index in [4.69, 9.17) is 9.84 Å². The molecule has 1 aromatic rings. The number of hydrogen-bond acceptors (Lipinski definition) is 4. The summed E-state index contributed by atoms with van der Waals surface area (Å²) in [6, 6.07) is 7.41. The molecule has 0 bridgehead atoms. The van der Waals surface area contributed by atoms with Gasteiger partial charge in [-0.15, -0.1) is 0 Å². The van der Waals surface area contributed by atoms with Crippen molar-refractivity contribution < 1.29 is 14.6 Å². The number of nitrogens with one attached hydrogen (secondary N) is 2. The number of ether oxygens (including phenoxy) is 1. The Kier molecular flexibility index (Phi) is 6.92. The highest BCUT2D eigenvalue weighted by molar-refractivity contribution is 5.73. The van der Waals surface area contributed by atoms with E-state index in [0.717, 1.165) is 18.7 Å². The maximum atomic E-state index is 10.8. The molecule has 0 aliphatic carbocycles. The number of rotatable bonds is 9. The molecule has 5 nitrogen and oxygen atoms in total. The molecule has 5 heteroatoms. The van der Waals surface area contributed by atoms with Gasteiger partial charge in [0.2, 0.25) is 0 Å². The lowest BCUT2D eigenvalue weighted by Gasteiger charge is -2.12. The Balaban J connectivity index is 2.27. The summed E-state index contributed by atoms with van der Waals surface area (Å²) in [6.07, 6.45) is 0.864. The van der Waals surface area contributed by atoms with E-state index in [1.54, 1.807) is 7.05 Å². The molecule has 0 heterocycles. The van der Waals surface area contributed by atoms with E-state index in [-0.39, 0.29) is 0 Å². The van der Waals surface area contributed by atoms with Gasteiger partial charge in [0.05, 0.1) is 6.61 Å². The Hall–Kier alpha value is -1.59. The zero-order valence-corrected chi connectivity index (χ0v) is 11.5. The van der Waals surface area contributed by atoms with Crippen LogP contribution in [0.5, 0.6) is 5.75 Å². The van der Waals surface area contributed by atoms with Gasteiger partial charge in [0.25, 0.3) is 0 Å². The van der Waals surface area contributed by atoms with Crippen LogP contribution in [0, 0.1) is 0 Å². The Labute approximate surface area is 114 Å². The van der Waals surface area contributed by atoms with Crippen molar-refractivity contribution >= 4 is 5.97 Å². The fraction of sp³-hybridized carbons (Fsp3) is 0.500. The fourth-order valence-corrected chi connectivity index (χ4v) is 1.71. The third-order valence-corrected chi connectivity index (χ3v) is 2.82. The Morgan fingerprint density at radius 1 is 1.37 bits per heavy atom. The maximum absolute atomic E-state index is 10.8. The first-order chi connectivity index (χ1) is 9.17. The maximum Gasteiger partial charge on any atom is 0.322 e. The Morgan fingerprint density at radius 2 is 2.05 bits per heavy atom. The van der Waals surface area contributed by atoms with E-state index in [1.165, 1.54) is 5.56 Å². The Morgan fingerprint density at radius 3 is 2.58 bits per heavy atom. The minimum atomic E-state index is -0.837. The number of aliphatic carboxylic acids is 1. The lowest BCUT2D eigenvalue weighted by atomic mass is 10.1. The molecule has 1 rings (SSSR count). The third-order valence-electron chi connectivity index (χ3n) is 2.82. The third kappa shape index (κ3) is 5.72. The van der Waals surface area contributed by atoms with Crippen LogP contribution in [-0.4, -0.2) is 43.9 Å². The first kappa shape index (κ1) is 15.5. The summed E-state index contributed by atoms with van der Waals surface area (Å²) in [5, 5.41) is 14.7. The standard InChI is InChI=1S/C14H22N2O3/c1-3-19-12-6-4-11(5-7-12)8-9-16-10-13(15-2)14(17)18/h4-7,13,15-16H,3,8-10H2,1-2H3,(H,17,18). The van der Waals surface area contributed by atoms with Crippen LogP contribution in [0.15, 0.2) is 24.3 Å². The highest BCUT2D eigenvalue weighted by Crippen LogP contribution is 2.12. The molecule has 0 radical (unpaired) electrons. The number of carboxylic acids is 1. The molecule has 106 valence electrons. The van der Waals surface area contributed by atoms with Crippen molar-refractivity contribution in [3.05, 3.63) is 29.8 Å². The van der Waals surface area contributed by atoms with Crippen LogP contribution in [0.4, 0.5) is 0 Å². The lowest BCUT2D eigenvalue weighted by molar-refractivity contribution is -0.139. The smallest absolute Gasteiger partial charge is 0.322 e. The van der Waals surface area contributed by atoms with Crippen molar-refractivity contribution in [1.29, 1.82) is 0 Å². The monoisotopic (exact) mass is 266 g/mol. The molecule has 1 unspecified atom stereocenters. The molecule has 0 aliphatic heterocycles. The van der Waals surface area contributed by atoms with Crippen LogP contribution in [0.2, 0.25) is 0 Å². The van der Waals surface area contributed by atoms with Crippen LogP contribution in [0.1, 0.15) is 12.5 Å². The molecule has 19 heavy (non-hydrogen) atoms. The van der Waals surface area contributed by atoms with Crippen molar-refractivity contribution in [2.75, 3.05) is 26.7 Å². The molecule has 0 saturated carbocycles. The fourth-order valence-electron chi connectivity index (χ4n) is 1.71. The van der Waals surface area contributed by atoms with Crippen molar-refractivity contribution in [1.82, 2.24) is 10.6 Å². The second-order valence-corrected chi connectivity index (χ2v) is 4.21. The van der Waals surface area contributed by atoms with Crippen molar-refractivity contribution in [2.24, 2.45) is 0 Å². The SMILES string of the molecule is CCOc1ccc(CCNCC(NC)C(=O)O)cc1. The molecule has 0 aliphatic rings. The molecular weight excluding hydrogens is 244 g/mol. The normalized spacial score (nSPS) is 12.1. The van der Waals surface area contributed by atoms with Gasteiger partial charge in [0.1, 0.15) is 11.8 Å². The number of hydrogen-bond donors (Lipinski definition) is 3. The van der Waals surface area contributed by atoms with Crippen LogP contribution in [0.3, 0.4) is 0 Å². The predicted octanol–water partition coefficient (Wildman–Crippen LogP) is 0.890. The van der Waals surface area contributed by atoms with Gasteiger partial charge in [-0.1, -0.05) is 12.1 Å². The van der Waals surface area contributed by atoms with Gasteiger partial charge < -0.3 is 20.5 Å². The summed E-state index contributed by atoms with van der Waals surface area (Å²) >= 11 is 0. The van der Waals surface area contributed by atoms with Crippen LogP contribution in [0.25, 0.3) is 0 Å². The van der Waals surface area contributed by atoms with Gasteiger partial charge >= 0.3 is 5.97 Å². The minimum absolute atomic E-state index is 0.420. The first-order valence-corrected chi connectivity index (χ1v) is 6.50. The largest absolute Gasteiger partial charge is 0.494 e. The summed E-state index contributed by atoms with van der Waals surface area (Å²) in [7, 11) is 1.65. The molecular formula is C14H22N2O3. The second-order valence-electron chi connectivity index (χ2n) is 4.21. The van der Waals surface area contributed by atoms with Crippen molar-refractivity contribution in [2.45, 2.75) is 19.4 Å². The van der Waals surface area contributed by atoms with Gasteiger partial charge in [-0.25, -0.2) is 0 Å². The van der Waals surface area contributed by atoms with E-state index in [9.17, 15) is 4.79 Å². The molecule has 1 atom stereocenters. The van der Waals surface area contributed by atoms with Crippen molar-refractivity contribution in [3.63, 3.8) is 0 Å². The van der Waals surface area contributed by atoms with Crippen LogP contribution in [-0.2, 0) is 11.2 Å². The van der Waals surface area contributed by atoms with Gasteiger partial charge in [-0.3, -0.25) is 4.79 Å². The summed E-state index contributed by atoms with van der Waals surface area (Å²) in [5.41, 5.74) is 1.20. The van der Waals surface area contributed by atoms with E-state index in [1.807, 2.05) is 31.2 Å². The molecule has 0 saturated heterocycles. The van der Waals surface area contributed by atoms with Crippen LogP contribution < -0.4 is 15.4 Å². The first-order valence-electron chi connectivity index (χ1n) is 6.50. The molecule has 0 spiro atoms. The molecule has 3 N–H and O–H groups in total. The lowest BCUT2D eigenvalue weighted by Crippen LogP contribution is -2.43. The molecule has 1 aromatic carbocycles. The number of benzene rings is 1. The van der Waals surface area contributed by atoms with Gasteiger partial charge in [0.15, 0.2) is 0 Å². The van der Waals surface area contributed by atoms with E-state index >= 15 is 0 Å². The number of carbonyl (C=O) groups is 1. The minimum Gasteiger partial charge on any atom is -0.494 e. The van der Waals surface area contributed by atoms with Crippen molar-refractivity contribution in [3.8, 4) is 5.75 Å². The zero-order chi connectivity index (χ0) is 14.1. The Bertz CT molecular complexity index is 379. The number of carboxylic acid groups (broad SMARTS) is 1. The summed E-state index contributed by atoms with van der Waals surface area (Å²) in [4.78, 5) is 10.8. The van der Waals surface area contributed by atoms with Gasteiger partial charge in [-0.05, 0) is 44.6 Å². The molecule has 0 amide bonds. The van der Waals surface area contributed by atoms with E-state index in [0.29, 0.717) is 13.2 Å². The van der Waals surface area contributed by atoms with Crippen LogP contribution >= 0.6 is 0 Å². The summed E-state index contributed by atoms with van der Waals surface area (Å²) in [5.74, 6) is 0.0383. The second kappa shape index (κ2) is 8.50. The predicted molar refractivity (Wildman–Crippen MR) is 74.7 cm³/mol. The van der Waals surface area contributed by atoms with E-state index in [2.05, 4.69) is 10.6 Å². The average molecular weight is 266 g/mol. The number of likely N-dealkylation sites (N-methyl/N-ethyl adjacent to an activating group) is 1. The summed E-state index contributed by atoms with van der Waals surface area (Å²) < 4.78 is 5.37. The van der Waals surface area contributed by atoms with Gasteiger partial charge in [0, 0.05) is 6.54 Å². The van der Waals surface area contributed by atoms with Gasteiger partial charge in [-0.2, -0.15) is 0 Å². The molecule has 0 fully saturated rings.